The summed E-state index contributed by atoms with van der Waals surface area (Å²) >= 11 is 0. The fourth-order valence-corrected chi connectivity index (χ4v) is 4.98. The summed E-state index contributed by atoms with van der Waals surface area (Å²) in [7, 11) is 0. The Morgan fingerprint density at radius 2 is 1.83 bits per heavy atom. The first kappa shape index (κ1) is 26.1. The summed E-state index contributed by atoms with van der Waals surface area (Å²) in [6.07, 6.45) is -0.389. The van der Waals surface area contributed by atoms with Crippen LogP contribution >= 0.6 is 0 Å². The summed E-state index contributed by atoms with van der Waals surface area (Å²) in [4.78, 5) is 23.2. The van der Waals surface area contributed by atoms with E-state index in [0.717, 1.165) is 45.1 Å². The second-order valence-corrected chi connectivity index (χ2v) is 9.61. The van der Waals surface area contributed by atoms with Gasteiger partial charge < -0.3 is 19.9 Å². The van der Waals surface area contributed by atoms with Crippen molar-refractivity contribution < 1.29 is 22.7 Å². The number of carbonyl (C=O) groups excluding carboxylic acids is 1. The number of alkyl halides is 3. The van der Waals surface area contributed by atoms with E-state index in [-0.39, 0.29) is 17.8 Å². The van der Waals surface area contributed by atoms with Crippen LogP contribution < -0.4 is 15.0 Å². The zero-order chi connectivity index (χ0) is 25.5. The Morgan fingerprint density at radius 1 is 1.08 bits per heavy atom. The van der Waals surface area contributed by atoms with Crippen molar-refractivity contribution in [3.05, 3.63) is 54.2 Å². The number of carbonyl (C=O) groups is 1. The molecule has 2 fully saturated rings. The van der Waals surface area contributed by atoms with Crippen LogP contribution in [0.25, 0.3) is 0 Å². The van der Waals surface area contributed by atoms with Crippen LogP contribution in [0.4, 0.5) is 23.8 Å². The summed E-state index contributed by atoms with van der Waals surface area (Å²) in [5.74, 6) is 0.844. The van der Waals surface area contributed by atoms with Gasteiger partial charge in [0, 0.05) is 38.8 Å². The number of halogens is 3. The minimum absolute atomic E-state index is 0.0483. The van der Waals surface area contributed by atoms with Crippen molar-refractivity contribution in [1.82, 2.24) is 20.1 Å². The molecule has 0 aliphatic carbocycles. The van der Waals surface area contributed by atoms with Crippen LogP contribution in [-0.4, -0.2) is 72.5 Å². The second kappa shape index (κ2) is 11.8. The number of nitrogens with zero attached hydrogens (tertiary/aromatic N) is 4. The molecule has 2 aromatic rings. The third-order valence-electron chi connectivity index (χ3n) is 6.95. The number of piperazine rings is 1. The molecule has 2 saturated heterocycles. The molecule has 10 heteroatoms. The highest BCUT2D eigenvalue weighted by atomic mass is 19.4. The average Bonchev–Trinajstić information content (AvgIpc) is 2.85. The maximum absolute atomic E-state index is 12.8. The van der Waals surface area contributed by atoms with Crippen LogP contribution in [0.5, 0.6) is 5.75 Å². The Labute approximate surface area is 210 Å². The van der Waals surface area contributed by atoms with Crippen LogP contribution in [-0.2, 0) is 6.54 Å². The highest BCUT2D eigenvalue weighted by Crippen LogP contribution is 2.25. The van der Waals surface area contributed by atoms with Gasteiger partial charge in [0.2, 0.25) is 0 Å². The summed E-state index contributed by atoms with van der Waals surface area (Å²) in [6, 6.07) is 13.2. The van der Waals surface area contributed by atoms with Gasteiger partial charge in [-0.1, -0.05) is 30.3 Å². The van der Waals surface area contributed by atoms with Gasteiger partial charge in [-0.3, -0.25) is 4.90 Å². The van der Waals surface area contributed by atoms with Crippen molar-refractivity contribution in [3.8, 4) is 5.75 Å². The van der Waals surface area contributed by atoms with E-state index in [4.69, 9.17) is 0 Å². The molecule has 0 bridgehead atoms. The van der Waals surface area contributed by atoms with E-state index in [9.17, 15) is 18.0 Å². The monoisotopic (exact) mass is 505 g/mol. The quantitative estimate of drug-likeness (QED) is 0.601. The average molecular weight is 506 g/mol. The number of nitrogens with one attached hydrogen (secondary N) is 1. The molecule has 4 rings (SSSR count). The van der Waals surface area contributed by atoms with Gasteiger partial charge in [0.1, 0.15) is 11.6 Å². The predicted molar refractivity (Wildman–Crippen MR) is 132 cm³/mol. The van der Waals surface area contributed by atoms with Gasteiger partial charge in [-0.05, 0) is 62.9 Å². The Bertz CT molecular complexity index is 966. The number of hydrogen-bond donors (Lipinski definition) is 1. The number of likely N-dealkylation sites (tertiary alicyclic amines) is 1. The number of piperidine rings is 1. The van der Waals surface area contributed by atoms with Crippen LogP contribution in [0.15, 0.2) is 48.7 Å². The molecular formula is C26H34F3N5O2. The molecule has 1 atom stereocenters. The predicted octanol–water partition coefficient (Wildman–Crippen LogP) is 4.50. The molecule has 3 heterocycles. The summed E-state index contributed by atoms with van der Waals surface area (Å²) < 4.78 is 40.9. The Balaban J connectivity index is 1.15. The van der Waals surface area contributed by atoms with Gasteiger partial charge in [-0.2, -0.15) is 0 Å². The number of urea groups is 1. The van der Waals surface area contributed by atoms with Gasteiger partial charge in [0.15, 0.2) is 0 Å². The maximum atomic E-state index is 12.8. The molecule has 2 amide bonds. The number of aromatic nitrogens is 1. The highest BCUT2D eigenvalue weighted by Gasteiger charge is 2.32. The molecule has 2 aliphatic heterocycles. The first-order valence-corrected chi connectivity index (χ1v) is 12.5. The van der Waals surface area contributed by atoms with Crippen LogP contribution in [0, 0.1) is 5.92 Å². The maximum Gasteiger partial charge on any atom is 0.573 e. The zero-order valence-electron chi connectivity index (χ0n) is 20.6. The molecule has 7 nitrogen and oxygen atoms in total. The first-order chi connectivity index (χ1) is 17.3. The van der Waals surface area contributed by atoms with Gasteiger partial charge in [0.05, 0.1) is 6.20 Å². The van der Waals surface area contributed by atoms with Crippen molar-refractivity contribution in [2.45, 2.75) is 45.1 Å². The number of pyridine rings is 1. The smallest absolute Gasteiger partial charge is 0.404 e. The second-order valence-electron chi connectivity index (χ2n) is 9.61. The highest BCUT2D eigenvalue weighted by molar-refractivity contribution is 5.75. The fraction of sp³-hybridized carbons (Fsp3) is 0.538. The number of hydrogen-bond acceptors (Lipinski definition) is 5. The summed E-state index contributed by atoms with van der Waals surface area (Å²) in [5.41, 5.74) is 1.35. The number of amides is 2. The minimum Gasteiger partial charge on any atom is -0.404 e. The molecule has 1 aromatic carbocycles. The fourth-order valence-electron chi connectivity index (χ4n) is 4.98. The molecular weight excluding hydrogens is 471 g/mol. The lowest BCUT2D eigenvalue weighted by molar-refractivity contribution is -0.274. The molecule has 2 aliphatic rings. The molecule has 0 saturated carbocycles. The Kier molecular flexibility index (Phi) is 8.56. The summed E-state index contributed by atoms with van der Waals surface area (Å²) in [5, 5.41) is 3.08. The van der Waals surface area contributed by atoms with E-state index in [2.05, 4.69) is 44.2 Å². The number of ether oxygens (including phenoxy) is 1. The lowest BCUT2D eigenvalue weighted by atomic mass is 9.93. The number of rotatable bonds is 7. The van der Waals surface area contributed by atoms with E-state index in [1.165, 1.54) is 17.7 Å². The van der Waals surface area contributed by atoms with E-state index in [1.807, 2.05) is 22.8 Å². The molecule has 1 aromatic heterocycles. The van der Waals surface area contributed by atoms with E-state index in [1.54, 1.807) is 0 Å². The summed E-state index contributed by atoms with van der Waals surface area (Å²) in [6.45, 7) is 7.44. The van der Waals surface area contributed by atoms with Crippen molar-refractivity contribution in [2.24, 2.45) is 5.92 Å². The van der Waals surface area contributed by atoms with E-state index in [0.29, 0.717) is 37.9 Å². The molecule has 0 radical (unpaired) electrons. The lowest BCUT2D eigenvalue weighted by Crippen LogP contribution is -2.57. The standard InChI is InChI=1S/C26H34F3N5O2/c1-20-18-33(24-8-7-23(17-31-24)36-26(27,28)29)15-16-34(20)25(35)30-12-9-21-10-13-32(14-11-21)19-22-5-3-2-4-6-22/h2-8,17,20-21H,9-16,18-19H2,1H3,(H,30,35)/t20-/m1/s1. The van der Waals surface area contributed by atoms with E-state index >= 15 is 0 Å². The largest absolute Gasteiger partial charge is 0.573 e. The van der Waals surface area contributed by atoms with Crippen molar-refractivity contribution in [2.75, 3.05) is 44.2 Å². The van der Waals surface area contributed by atoms with Gasteiger partial charge in [0.25, 0.3) is 0 Å². The molecule has 36 heavy (non-hydrogen) atoms. The molecule has 0 unspecified atom stereocenters. The van der Waals surface area contributed by atoms with Gasteiger partial charge in [-0.25, -0.2) is 9.78 Å². The molecule has 196 valence electrons. The third-order valence-corrected chi connectivity index (χ3v) is 6.95. The normalized spacial score (nSPS) is 19.8. The van der Waals surface area contributed by atoms with Crippen molar-refractivity contribution in [3.63, 3.8) is 0 Å². The zero-order valence-corrected chi connectivity index (χ0v) is 20.6. The topological polar surface area (TPSA) is 60.9 Å². The van der Waals surface area contributed by atoms with Gasteiger partial charge >= 0.3 is 12.4 Å². The molecule has 0 spiro atoms. The molecule has 1 N–H and O–H groups in total. The van der Waals surface area contributed by atoms with E-state index < -0.39 is 6.36 Å². The minimum atomic E-state index is -4.74. The third kappa shape index (κ3) is 7.49. The lowest BCUT2D eigenvalue weighted by Gasteiger charge is -2.40. The Hall–Kier alpha value is -3.01. The van der Waals surface area contributed by atoms with Gasteiger partial charge in [-0.15, -0.1) is 13.2 Å². The van der Waals surface area contributed by atoms with Crippen LogP contribution in [0.3, 0.4) is 0 Å². The Morgan fingerprint density at radius 3 is 2.47 bits per heavy atom. The SMILES string of the molecule is C[C@@H]1CN(c2ccc(OC(F)(F)F)cn2)CCN1C(=O)NCCC1CCN(Cc2ccccc2)CC1. The number of benzene rings is 1. The van der Waals surface area contributed by atoms with Crippen LogP contribution in [0.2, 0.25) is 0 Å². The number of anilines is 1. The first-order valence-electron chi connectivity index (χ1n) is 12.5. The van der Waals surface area contributed by atoms with Crippen LogP contribution in [0.1, 0.15) is 31.7 Å². The van der Waals surface area contributed by atoms with Crippen molar-refractivity contribution in [1.29, 1.82) is 0 Å². The van der Waals surface area contributed by atoms with Crippen molar-refractivity contribution >= 4 is 11.8 Å².